The second kappa shape index (κ2) is 9.71. The summed E-state index contributed by atoms with van der Waals surface area (Å²) in [5, 5.41) is 8.18. The Morgan fingerprint density at radius 2 is 1.79 bits per heavy atom. The average molecular weight is 426 g/mol. The van der Waals surface area contributed by atoms with Crippen LogP contribution in [-0.4, -0.2) is 23.1 Å². The summed E-state index contributed by atoms with van der Waals surface area (Å²) in [5.74, 6) is -0.364. The van der Waals surface area contributed by atoms with Gasteiger partial charge in [0.05, 0.1) is 18.2 Å². The highest BCUT2D eigenvalue weighted by molar-refractivity contribution is 7.98. The summed E-state index contributed by atoms with van der Waals surface area (Å²) in [6.07, 6.45) is 2.18. The second-order valence-electron chi connectivity index (χ2n) is 6.68. The monoisotopic (exact) mass is 425 g/mol. The first-order valence-electron chi connectivity index (χ1n) is 9.18. The van der Waals surface area contributed by atoms with Crippen molar-refractivity contribution in [2.75, 3.05) is 11.6 Å². The third-order valence-electron chi connectivity index (χ3n) is 4.38. The van der Waals surface area contributed by atoms with Gasteiger partial charge in [-0.25, -0.2) is 4.98 Å². The molecular weight excluding hydrogens is 402 g/mol. The Labute approximate surface area is 179 Å². The van der Waals surface area contributed by atoms with Crippen molar-refractivity contribution in [1.29, 1.82) is 0 Å². The summed E-state index contributed by atoms with van der Waals surface area (Å²) in [6, 6.07) is 15.6. The fraction of sp³-hybridized carbons (Fsp3) is 0.227. The number of carbonyl (C=O) groups is 2. The van der Waals surface area contributed by atoms with Gasteiger partial charge in [-0.15, -0.1) is 23.1 Å². The molecule has 0 spiro atoms. The molecule has 150 valence electrons. The Kier molecular flexibility index (Phi) is 7.06. The zero-order chi connectivity index (χ0) is 20.8. The van der Waals surface area contributed by atoms with Gasteiger partial charge >= 0.3 is 0 Å². The van der Waals surface area contributed by atoms with Crippen LogP contribution in [0.25, 0.3) is 11.3 Å². The number of carbonyl (C=O) groups excluding carboxylic acids is 2. The van der Waals surface area contributed by atoms with Gasteiger partial charge in [0, 0.05) is 22.8 Å². The number of rotatable bonds is 7. The van der Waals surface area contributed by atoms with Gasteiger partial charge < -0.3 is 10.6 Å². The Balaban J connectivity index is 1.67. The molecule has 0 radical (unpaired) electrons. The van der Waals surface area contributed by atoms with E-state index in [2.05, 4.69) is 27.8 Å². The normalized spacial score (nSPS) is 11.7. The first kappa shape index (κ1) is 21.1. The molecule has 29 heavy (non-hydrogen) atoms. The van der Waals surface area contributed by atoms with Crippen molar-refractivity contribution in [3.05, 3.63) is 65.0 Å². The van der Waals surface area contributed by atoms with E-state index in [9.17, 15) is 9.59 Å². The fourth-order valence-electron chi connectivity index (χ4n) is 2.88. The van der Waals surface area contributed by atoms with E-state index < -0.39 is 0 Å². The predicted molar refractivity (Wildman–Crippen MR) is 120 cm³/mol. The molecular formula is C22H23N3O2S2. The van der Waals surface area contributed by atoms with Crippen LogP contribution >= 0.6 is 23.1 Å². The van der Waals surface area contributed by atoms with E-state index in [1.807, 2.05) is 55.0 Å². The Morgan fingerprint density at radius 3 is 2.41 bits per heavy atom. The molecule has 5 nitrogen and oxygen atoms in total. The molecule has 0 aliphatic rings. The SMILES string of the molecule is CSc1ccc(-c2csc(NC(=O)CC(NC(C)=O)c3ccc(C)cc3)n2)cc1. The van der Waals surface area contributed by atoms with Crippen LogP contribution in [0, 0.1) is 6.92 Å². The zero-order valence-electron chi connectivity index (χ0n) is 16.6. The number of hydrogen-bond donors (Lipinski definition) is 2. The van der Waals surface area contributed by atoms with E-state index in [1.54, 1.807) is 11.8 Å². The molecule has 0 fully saturated rings. The summed E-state index contributed by atoms with van der Waals surface area (Å²) < 4.78 is 0. The lowest BCUT2D eigenvalue weighted by Crippen LogP contribution is -2.29. The molecule has 1 heterocycles. The number of nitrogens with one attached hydrogen (secondary N) is 2. The van der Waals surface area contributed by atoms with Crippen molar-refractivity contribution in [3.63, 3.8) is 0 Å². The van der Waals surface area contributed by atoms with E-state index in [0.717, 1.165) is 22.4 Å². The van der Waals surface area contributed by atoms with Crippen LogP contribution in [0.4, 0.5) is 5.13 Å². The minimum absolute atomic E-state index is 0.139. The van der Waals surface area contributed by atoms with Gasteiger partial charge in [-0.2, -0.15) is 0 Å². The highest BCUT2D eigenvalue weighted by atomic mass is 32.2. The number of anilines is 1. The lowest BCUT2D eigenvalue weighted by molar-refractivity contribution is -0.120. The highest BCUT2D eigenvalue weighted by Crippen LogP contribution is 2.27. The van der Waals surface area contributed by atoms with Gasteiger partial charge in [-0.3, -0.25) is 9.59 Å². The van der Waals surface area contributed by atoms with Crippen LogP contribution in [0.3, 0.4) is 0 Å². The summed E-state index contributed by atoms with van der Waals surface area (Å²) >= 11 is 3.08. The molecule has 0 saturated carbocycles. The van der Waals surface area contributed by atoms with Crippen LogP contribution in [0.2, 0.25) is 0 Å². The predicted octanol–water partition coefficient (Wildman–Crippen LogP) is 5.05. The second-order valence-corrected chi connectivity index (χ2v) is 8.42. The maximum absolute atomic E-state index is 12.6. The third kappa shape index (κ3) is 5.92. The lowest BCUT2D eigenvalue weighted by atomic mass is 10.0. The van der Waals surface area contributed by atoms with E-state index in [4.69, 9.17) is 0 Å². The van der Waals surface area contributed by atoms with Gasteiger partial charge in [0.15, 0.2) is 5.13 Å². The highest BCUT2D eigenvalue weighted by Gasteiger charge is 2.18. The molecule has 0 aliphatic carbocycles. The molecule has 2 amide bonds. The maximum atomic E-state index is 12.6. The van der Waals surface area contributed by atoms with Crippen LogP contribution in [0.1, 0.15) is 30.5 Å². The average Bonchev–Trinajstić information content (AvgIpc) is 3.16. The van der Waals surface area contributed by atoms with Crippen molar-refractivity contribution in [2.45, 2.75) is 31.2 Å². The topological polar surface area (TPSA) is 71.1 Å². The Morgan fingerprint density at radius 1 is 1.10 bits per heavy atom. The van der Waals surface area contributed by atoms with E-state index >= 15 is 0 Å². The molecule has 1 unspecified atom stereocenters. The Bertz CT molecular complexity index is 982. The molecule has 2 N–H and O–H groups in total. The van der Waals surface area contributed by atoms with Gasteiger partial charge in [0.25, 0.3) is 0 Å². The summed E-state index contributed by atoms with van der Waals surface area (Å²) in [6.45, 7) is 3.45. The molecule has 0 bridgehead atoms. The summed E-state index contributed by atoms with van der Waals surface area (Å²) in [5.41, 5.74) is 3.86. The quantitative estimate of drug-likeness (QED) is 0.520. The molecule has 1 atom stereocenters. The van der Waals surface area contributed by atoms with Crippen LogP contribution < -0.4 is 10.6 Å². The number of benzene rings is 2. The van der Waals surface area contributed by atoms with Crippen LogP contribution in [0.15, 0.2) is 58.8 Å². The number of aromatic nitrogens is 1. The van der Waals surface area contributed by atoms with Crippen molar-refractivity contribution in [1.82, 2.24) is 10.3 Å². The smallest absolute Gasteiger partial charge is 0.228 e. The van der Waals surface area contributed by atoms with Crippen molar-refractivity contribution >= 4 is 40.0 Å². The van der Waals surface area contributed by atoms with Gasteiger partial charge in [-0.05, 0) is 30.9 Å². The Hall–Kier alpha value is -2.64. The van der Waals surface area contributed by atoms with Crippen LogP contribution in [0.5, 0.6) is 0 Å². The lowest BCUT2D eigenvalue weighted by Gasteiger charge is -2.18. The first-order valence-corrected chi connectivity index (χ1v) is 11.3. The minimum atomic E-state index is -0.383. The molecule has 3 rings (SSSR count). The number of aryl methyl sites for hydroxylation is 1. The standard InChI is InChI=1S/C22H23N3O2S2/c1-14-4-6-16(7-5-14)19(23-15(2)26)12-21(27)25-22-24-20(13-29-22)17-8-10-18(28-3)11-9-17/h4-11,13,19H,12H2,1-3H3,(H,23,26)(H,24,25,27). The number of thioether (sulfide) groups is 1. The van der Waals surface area contributed by atoms with Gasteiger partial charge in [-0.1, -0.05) is 42.0 Å². The minimum Gasteiger partial charge on any atom is -0.349 e. The van der Waals surface area contributed by atoms with Crippen molar-refractivity contribution in [2.24, 2.45) is 0 Å². The molecule has 2 aromatic carbocycles. The maximum Gasteiger partial charge on any atom is 0.228 e. The van der Waals surface area contributed by atoms with Gasteiger partial charge in [0.1, 0.15) is 0 Å². The molecule has 1 aromatic heterocycles. The molecule has 3 aromatic rings. The first-order chi connectivity index (χ1) is 13.9. The van der Waals surface area contributed by atoms with E-state index in [-0.39, 0.29) is 24.3 Å². The zero-order valence-corrected chi connectivity index (χ0v) is 18.2. The summed E-state index contributed by atoms with van der Waals surface area (Å²) in [4.78, 5) is 29.9. The number of hydrogen-bond acceptors (Lipinski definition) is 5. The molecule has 7 heteroatoms. The molecule has 0 aliphatic heterocycles. The van der Waals surface area contributed by atoms with Gasteiger partial charge in [0.2, 0.25) is 11.8 Å². The summed E-state index contributed by atoms with van der Waals surface area (Å²) in [7, 11) is 0. The number of amides is 2. The number of thiazole rings is 1. The van der Waals surface area contributed by atoms with Crippen LogP contribution in [-0.2, 0) is 9.59 Å². The molecule has 0 saturated heterocycles. The van der Waals surface area contributed by atoms with Crippen molar-refractivity contribution in [3.8, 4) is 11.3 Å². The fourth-order valence-corrected chi connectivity index (χ4v) is 4.02. The third-order valence-corrected chi connectivity index (χ3v) is 5.88. The largest absolute Gasteiger partial charge is 0.349 e. The van der Waals surface area contributed by atoms with Crippen molar-refractivity contribution < 1.29 is 9.59 Å². The number of nitrogens with zero attached hydrogens (tertiary/aromatic N) is 1. The van der Waals surface area contributed by atoms with E-state index in [1.165, 1.54) is 23.2 Å². The van der Waals surface area contributed by atoms with E-state index in [0.29, 0.717) is 5.13 Å².